The number of halogens is 3. The maximum Gasteiger partial charge on any atom is 0.401 e. The molecule has 7 heteroatoms. The molecule has 0 spiro atoms. The molecule has 0 heterocycles. The Morgan fingerprint density at radius 1 is 1.20 bits per heavy atom. The fourth-order valence-electron chi connectivity index (χ4n) is 1.70. The molecular weight excluding hydrogens is 275 g/mol. The average molecular weight is 291 g/mol. The van der Waals surface area contributed by atoms with Gasteiger partial charge in [0.15, 0.2) is 0 Å². The van der Waals surface area contributed by atoms with Gasteiger partial charge in [-0.1, -0.05) is 12.1 Å². The summed E-state index contributed by atoms with van der Waals surface area (Å²) in [7, 11) is 2.59. The highest BCUT2D eigenvalue weighted by Gasteiger charge is 2.40. The SMILES string of the molecule is COC(=O)C(C)(NCC(F)(F)F)c1ccc(OC)cc1. The molecule has 1 rings (SSSR count). The van der Waals surface area contributed by atoms with Gasteiger partial charge in [-0.3, -0.25) is 5.32 Å². The van der Waals surface area contributed by atoms with Gasteiger partial charge in [-0.15, -0.1) is 0 Å². The van der Waals surface area contributed by atoms with Crippen molar-refractivity contribution in [2.75, 3.05) is 20.8 Å². The zero-order valence-corrected chi connectivity index (χ0v) is 11.4. The number of rotatable bonds is 5. The van der Waals surface area contributed by atoms with Crippen molar-refractivity contribution < 1.29 is 27.4 Å². The molecule has 112 valence electrons. The lowest BCUT2D eigenvalue weighted by molar-refractivity contribution is -0.153. The van der Waals surface area contributed by atoms with Crippen molar-refractivity contribution in [2.45, 2.75) is 18.6 Å². The van der Waals surface area contributed by atoms with Crippen LogP contribution in [0.5, 0.6) is 5.75 Å². The summed E-state index contributed by atoms with van der Waals surface area (Å²) in [6.45, 7) is 0.0387. The van der Waals surface area contributed by atoms with E-state index in [9.17, 15) is 18.0 Å². The van der Waals surface area contributed by atoms with Crippen molar-refractivity contribution in [1.82, 2.24) is 5.32 Å². The largest absolute Gasteiger partial charge is 0.497 e. The van der Waals surface area contributed by atoms with Crippen LogP contribution in [-0.2, 0) is 15.1 Å². The lowest BCUT2D eigenvalue weighted by atomic mass is 9.92. The number of hydrogen-bond donors (Lipinski definition) is 1. The first-order chi connectivity index (χ1) is 9.23. The number of esters is 1. The molecule has 0 radical (unpaired) electrons. The number of carbonyl (C=O) groups excluding carboxylic acids is 1. The first-order valence-corrected chi connectivity index (χ1v) is 5.77. The van der Waals surface area contributed by atoms with Crippen LogP contribution < -0.4 is 10.1 Å². The molecule has 1 aromatic rings. The zero-order chi connectivity index (χ0) is 15.4. The fraction of sp³-hybridized carbons (Fsp3) is 0.462. The monoisotopic (exact) mass is 291 g/mol. The van der Waals surface area contributed by atoms with Crippen molar-refractivity contribution in [3.05, 3.63) is 29.8 Å². The van der Waals surface area contributed by atoms with E-state index in [1.807, 2.05) is 0 Å². The van der Waals surface area contributed by atoms with E-state index >= 15 is 0 Å². The second kappa shape index (κ2) is 6.13. The molecule has 0 aliphatic heterocycles. The standard InChI is InChI=1S/C13H16F3NO3/c1-12(11(18)20-3,17-8-13(14,15)16)9-4-6-10(19-2)7-5-9/h4-7,17H,8H2,1-3H3. The first kappa shape index (κ1) is 16.3. The number of benzene rings is 1. The van der Waals surface area contributed by atoms with Gasteiger partial charge < -0.3 is 9.47 Å². The summed E-state index contributed by atoms with van der Waals surface area (Å²) < 4.78 is 46.6. The van der Waals surface area contributed by atoms with Gasteiger partial charge in [0.25, 0.3) is 0 Å². The number of methoxy groups -OCH3 is 2. The van der Waals surface area contributed by atoms with Crippen molar-refractivity contribution in [2.24, 2.45) is 0 Å². The summed E-state index contributed by atoms with van der Waals surface area (Å²) in [5, 5.41) is 2.20. The molecule has 1 unspecified atom stereocenters. The molecule has 0 amide bonds. The highest BCUT2D eigenvalue weighted by molar-refractivity contribution is 5.82. The predicted molar refractivity (Wildman–Crippen MR) is 66.4 cm³/mol. The molecule has 0 saturated heterocycles. The molecule has 0 fully saturated rings. The summed E-state index contributed by atoms with van der Waals surface area (Å²) in [6.07, 6.45) is -4.43. The minimum absolute atomic E-state index is 0.356. The van der Waals surface area contributed by atoms with Crippen molar-refractivity contribution in [3.63, 3.8) is 0 Å². The fourth-order valence-corrected chi connectivity index (χ4v) is 1.70. The number of carbonyl (C=O) groups is 1. The third-order valence-electron chi connectivity index (χ3n) is 2.90. The smallest absolute Gasteiger partial charge is 0.401 e. The summed E-state index contributed by atoms with van der Waals surface area (Å²) in [5.41, 5.74) is -1.23. The minimum Gasteiger partial charge on any atom is -0.497 e. The van der Waals surface area contributed by atoms with Crippen LogP contribution in [0.3, 0.4) is 0 Å². The van der Waals surface area contributed by atoms with Gasteiger partial charge in [-0.2, -0.15) is 13.2 Å². The van der Waals surface area contributed by atoms with Crippen LogP contribution in [0.2, 0.25) is 0 Å². The van der Waals surface area contributed by atoms with Gasteiger partial charge in [-0.05, 0) is 24.6 Å². The molecule has 0 aromatic heterocycles. The molecule has 4 nitrogen and oxygen atoms in total. The molecule has 1 atom stereocenters. The average Bonchev–Trinajstić information content (AvgIpc) is 2.43. The Labute approximate surface area is 114 Å². The molecular formula is C13H16F3NO3. The van der Waals surface area contributed by atoms with E-state index in [1.54, 1.807) is 12.1 Å². The zero-order valence-electron chi connectivity index (χ0n) is 11.4. The molecule has 0 bridgehead atoms. The van der Waals surface area contributed by atoms with Crippen LogP contribution in [0.1, 0.15) is 12.5 Å². The Morgan fingerprint density at radius 2 is 1.75 bits per heavy atom. The van der Waals surface area contributed by atoms with Gasteiger partial charge in [-0.25, -0.2) is 4.79 Å². The molecule has 1 N–H and O–H groups in total. The van der Waals surface area contributed by atoms with Gasteiger partial charge in [0.2, 0.25) is 0 Å². The Balaban J connectivity index is 3.06. The Bertz CT molecular complexity index is 459. The van der Waals surface area contributed by atoms with Gasteiger partial charge in [0.05, 0.1) is 20.8 Å². The lowest BCUT2D eigenvalue weighted by Gasteiger charge is -2.29. The predicted octanol–water partition coefficient (Wildman–Crippen LogP) is 2.24. The highest BCUT2D eigenvalue weighted by atomic mass is 19.4. The number of hydrogen-bond acceptors (Lipinski definition) is 4. The number of ether oxygens (including phenoxy) is 2. The molecule has 0 saturated carbocycles. The molecule has 0 aliphatic rings. The first-order valence-electron chi connectivity index (χ1n) is 5.77. The van der Waals surface area contributed by atoms with Crippen LogP contribution in [0.25, 0.3) is 0 Å². The number of alkyl halides is 3. The summed E-state index contributed by atoms with van der Waals surface area (Å²) in [4.78, 5) is 11.8. The maximum absolute atomic E-state index is 12.4. The van der Waals surface area contributed by atoms with Crippen LogP contribution in [0.4, 0.5) is 13.2 Å². The number of nitrogens with one attached hydrogen (secondary N) is 1. The second-order valence-electron chi connectivity index (χ2n) is 4.31. The van der Waals surface area contributed by atoms with E-state index in [0.29, 0.717) is 11.3 Å². The lowest BCUT2D eigenvalue weighted by Crippen LogP contribution is -2.50. The molecule has 20 heavy (non-hydrogen) atoms. The van der Waals surface area contributed by atoms with E-state index in [2.05, 4.69) is 10.1 Å². The maximum atomic E-state index is 12.4. The van der Waals surface area contributed by atoms with Crippen LogP contribution in [0, 0.1) is 0 Å². The normalized spacial score (nSPS) is 14.5. The van der Waals surface area contributed by atoms with Crippen molar-refractivity contribution in [3.8, 4) is 5.75 Å². The van der Waals surface area contributed by atoms with Gasteiger partial charge >= 0.3 is 12.1 Å². The van der Waals surface area contributed by atoms with Crippen LogP contribution in [-0.4, -0.2) is 32.9 Å². The second-order valence-corrected chi connectivity index (χ2v) is 4.31. The van der Waals surface area contributed by atoms with E-state index in [-0.39, 0.29) is 0 Å². The third-order valence-corrected chi connectivity index (χ3v) is 2.90. The van der Waals surface area contributed by atoms with E-state index < -0.39 is 24.2 Å². The van der Waals surface area contributed by atoms with Gasteiger partial charge in [0, 0.05) is 0 Å². The van der Waals surface area contributed by atoms with Crippen LogP contribution >= 0.6 is 0 Å². The summed E-state index contributed by atoms with van der Waals surface area (Å²) >= 11 is 0. The Morgan fingerprint density at radius 3 is 2.15 bits per heavy atom. The van der Waals surface area contributed by atoms with Crippen molar-refractivity contribution >= 4 is 5.97 Å². The Hall–Kier alpha value is -1.76. The third kappa shape index (κ3) is 3.86. The van der Waals surface area contributed by atoms with Crippen LogP contribution in [0.15, 0.2) is 24.3 Å². The van der Waals surface area contributed by atoms with E-state index in [1.165, 1.54) is 26.2 Å². The summed E-state index contributed by atoms with van der Waals surface area (Å²) in [6, 6.07) is 6.15. The highest BCUT2D eigenvalue weighted by Crippen LogP contribution is 2.26. The topological polar surface area (TPSA) is 47.6 Å². The molecule has 1 aromatic carbocycles. The quantitative estimate of drug-likeness (QED) is 0.845. The van der Waals surface area contributed by atoms with E-state index in [0.717, 1.165) is 7.11 Å². The molecule has 0 aliphatic carbocycles. The van der Waals surface area contributed by atoms with Crippen molar-refractivity contribution in [1.29, 1.82) is 0 Å². The van der Waals surface area contributed by atoms with E-state index in [4.69, 9.17) is 4.74 Å². The Kier molecular flexibility index (Phi) is 4.99. The van der Waals surface area contributed by atoms with Gasteiger partial charge in [0.1, 0.15) is 11.3 Å². The minimum atomic E-state index is -4.43. The summed E-state index contributed by atoms with van der Waals surface area (Å²) in [5.74, 6) is -0.260.